The third-order valence-electron chi connectivity index (χ3n) is 4.05. The summed E-state index contributed by atoms with van der Waals surface area (Å²) >= 11 is 0. The number of alkyl halides is 3. The highest BCUT2D eigenvalue weighted by Gasteiger charge is 2.32. The molecule has 0 spiro atoms. The summed E-state index contributed by atoms with van der Waals surface area (Å²) in [5, 5.41) is 4.85. The maximum atomic E-state index is 13.0. The van der Waals surface area contributed by atoms with Gasteiger partial charge in [-0.1, -0.05) is 37.3 Å². The van der Waals surface area contributed by atoms with E-state index in [1.54, 1.807) is 31.2 Å². The highest BCUT2D eigenvalue weighted by molar-refractivity contribution is 6.00. The third kappa shape index (κ3) is 5.97. The van der Waals surface area contributed by atoms with Crippen molar-refractivity contribution in [1.29, 1.82) is 0 Å². The van der Waals surface area contributed by atoms with E-state index in [-0.39, 0.29) is 23.8 Å². The molecule has 0 aromatic heterocycles. The van der Waals surface area contributed by atoms with Gasteiger partial charge in [0, 0.05) is 13.0 Å². The molecule has 4 N–H and O–H groups in total. The Bertz CT molecular complexity index is 829. The summed E-state index contributed by atoms with van der Waals surface area (Å²) in [5.41, 5.74) is 5.82. The van der Waals surface area contributed by atoms with E-state index < -0.39 is 35.5 Å². The van der Waals surface area contributed by atoms with E-state index >= 15 is 0 Å². The number of rotatable bonds is 5. The van der Waals surface area contributed by atoms with E-state index in [9.17, 15) is 22.8 Å². The fourth-order valence-corrected chi connectivity index (χ4v) is 2.50. The maximum absolute atomic E-state index is 13.0. The first-order valence-corrected chi connectivity index (χ1v) is 8.20. The lowest BCUT2D eigenvalue weighted by Crippen LogP contribution is -2.31. The fraction of sp³-hybridized carbons (Fsp3) is 0.263. The van der Waals surface area contributed by atoms with Crippen LogP contribution in [-0.2, 0) is 15.8 Å². The first kappa shape index (κ1) is 23.5. The standard InChI is InChI=1S/C19H20F3N3O2.ClH/c1-11(17(23)13-6-4-3-5-7-13)18(27)25-16-10-14(19(20,21)22)8-9-15(16)24-12(2)26;/h3-11,17H,23H2,1-2H3,(H,24,26)(H,25,27);1H. The Kier molecular flexibility index (Phi) is 8.01. The van der Waals surface area contributed by atoms with E-state index in [0.29, 0.717) is 0 Å². The lowest BCUT2D eigenvalue weighted by molar-refractivity contribution is -0.137. The summed E-state index contributed by atoms with van der Waals surface area (Å²) in [6, 6.07) is 11.0. The van der Waals surface area contributed by atoms with Crippen molar-refractivity contribution in [3.63, 3.8) is 0 Å². The lowest BCUT2D eigenvalue weighted by atomic mass is 9.94. The Morgan fingerprint density at radius 2 is 1.61 bits per heavy atom. The Hall–Kier alpha value is -2.58. The predicted molar refractivity (Wildman–Crippen MR) is 104 cm³/mol. The molecule has 2 rings (SSSR count). The van der Waals surface area contributed by atoms with E-state index in [0.717, 1.165) is 23.8 Å². The Balaban J connectivity index is 0.00000392. The molecular formula is C19H21ClF3N3O2. The van der Waals surface area contributed by atoms with Crippen molar-refractivity contribution in [2.75, 3.05) is 10.6 Å². The minimum Gasteiger partial charge on any atom is -0.325 e. The van der Waals surface area contributed by atoms with Crippen molar-refractivity contribution in [1.82, 2.24) is 0 Å². The van der Waals surface area contributed by atoms with Crippen LogP contribution in [0, 0.1) is 5.92 Å². The van der Waals surface area contributed by atoms with Gasteiger partial charge in [-0.25, -0.2) is 0 Å². The highest BCUT2D eigenvalue weighted by Crippen LogP contribution is 2.34. The lowest BCUT2D eigenvalue weighted by Gasteiger charge is -2.21. The quantitative estimate of drug-likeness (QED) is 0.678. The van der Waals surface area contributed by atoms with Gasteiger partial charge in [0.25, 0.3) is 0 Å². The number of halogens is 4. The van der Waals surface area contributed by atoms with E-state index in [1.807, 2.05) is 6.07 Å². The molecule has 2 amide bonds. The van der Waals surface area contributed by atoms with Crippen molar-refractivity contribution < 1.29 is 22.8 Å². The molecule has 28 heavy (non-hydrogen) atoms. The molecule has 0 aliphatic carbocycles. The summed E-state index contributed by atoms with van der Waals surface area (Å²) in [5.74, 6) is -1.75. The number of hydrogen-bond acceptors (Lipinski definition) is 3. The molecule has 9 heteroatoms. The van der Waals surface area contributed by atoms with Gasteiger partial charge < -0.3 is 16.4 Å². The molecule has 2 aromatic rings. The van der Waals surface area contributed by atoms with Gasteiger partial charge in [0.15, 0.2) is 0 Å². The van der Waals surface area contributed by atoms with Crippen LogP contribution < -0.4 is 16.4 Å². The molecular weight excluding hydrogens is 395 g/mol. The zero-order chi connectivity index (χ0) is 20.2. The van der Waals surface area contributed by atoms with Crippen molar-refractivity contribution in [2.45, 2.75) is 26.1 Å². The first-order valence-electron chi connectivity index (χ1n) is 8.20. The number of carbonyl (C=O) groups is 2. The van der Waals surface area contributed by atoms with Crippen LogP contribution in [-0.4, -0.2) is 11.8 Å². The zero-order valence-electron chi connectivity index (χ0n) is 15.2. The average molecular weight is 416 g/mol. The summed E-state index contributed by atoms with van der Waals surface area (Å²) in [6.07, 6.45) is -4.58. The van der Waals surface area contributed by atoms with Crippen LogP contribution >= 0.6 is 12.4 Å². The Labute approximate surface area is 166 Å². The molecule has 2 aromatic carbocycles. The largest absolute Gasteiger partial charge is 0.416 e. The normalized spacial score (nSPS) is 13.1. The minimum absolute atomic E-state index is 0. The van der Waals surface area contributed by atoms with Gasteiger partial charge >= 0.3 is 6.18 Å². The molecule has 0 bridgehead atoms. The van der Waals surface area contributed by atoms with Crippen LogP contribution in [0.15, 0.2) is 48.5 Å². The SMILES string of the molecule is CC(=O)Nc1ccc(C(F)(F)F)cc1NC(=O)C(C)C(N)c1ccccc1.Cl. The van der Waals surface area contributed by atoms with Gasteiger partial charge in [0.1, 0.15) is 0 Å². The summed E-state index contributed by atoms with van der Waals surface area (Å²) in [7, 11) is 0. The Morgan fingerprint density at radius 1 is 1.00 bits per heavy atom. The second-order valence-corrected chi connectivity index (χ2v) is 6.15. The van der Waals surface area contributed by atoms with Crippen LogP contribution in [0.3, 0.4) is 0 Å². The number of amides is 2. The van der Waals surface area contributed by atoms with Gasteiger partial charge in [-0.15, -0.1) is 12.4 Å². The van der Waals surface area contributed by atoms with Crippen molar-refractivity contribution in [2.24, 2.45) is 11.7 Å². The highest BCUT2D eigenvalue weighted by atomic mass is 35.5. The molecule has 2 unspecified atom stereocenters. The van der Waals surface area contributed by atoms with Crippen LogP contribution in [0.1, 0.15) is 31.0 Å². The molecule has 0 aliphatic rings. The minimum atomic E-state index is -4.58. The number of hydrogen-bond donors (Lipinski definition) is 3. The molecule has 0 saturated carbocycles. The summed E-state index contributed by atoms with van der Waals surface area (Å²) in [4.78, 5) is 23.8. The molecule has 0 heterocycles. The molecule has 2 atom stereocenters. The number of nitrogens with one attached hydrogen (secondary N) is 2. The van der Waals surface area contributed by atoms with Crippen LogP contribution in [0.4, 0.5) is 24.5 Å². The van der Waals surface area contributed by atoms with Crippen molar-refractivity contribution in [3.8, 4) is 0 Å². The van der Waals surface area contributed by atoms with E-state index in [1.165, 1.54) is 6.92 Å². The van der Waals surface area contributed by atoms with Crippen molar-refractivity contribution >= 4 is 35.6 Å². The molecule has 5 nitrogen and oxygen atoms in total. The third-order valence-corrected chi connectivity index (χ3v) is 4.05. The van der Waals surface area contributed by atoms with Gasteiger partial charge in [-0.2, -0.15) is 13.2 Å². The van der Waals surface area contributed by atoms with Crippen LogP contribution in [0.25, 0.3) is 0 Å². The van der Waals surface area contributed by atoms with Crippen molar-refractivity contribution in [3.05, 3.63) is 59.7 Å². The smallest absolute Gasteiger partial charge is 0.325 e. The molecule has 0 radical (unpaired) electrons. The number of nitrogens with two attached hydrogens (primary N) is 1. The fourth-order valence-electron chi connectivity index (χ4n) is 2.50. The zero-order valence-corrected chi connectivity index (χ0v) is 16.0. The molecule has 0 saturated heterocycles. The first-order chi connectivity index (χ1) is 12.6. The van der Waals surface area contributed by atoms with Gasteiger partial charge in [-0.3, -0.25) is 9.59 Å². The van der Waals surface area contributed by atoms with Gasteiger partial charge in [0.05, 0.1) is 22.9 Å². The van der Waals surface area contributed by atoms with Gasteiger partial charge in [-0.05, 0) is 23.8 Å². The summed E-state index contributed by atoms with van der Waals surface area (Å²) in [6.45, 7) is 2.80. The number of anilines is 2. The summed E-state index contributed by atoms with van der Waals surface area (Å²) < 4.78 is 39.0. The maximum Gasteiger partial charge on any atom is 0.416 e. The van der Waals surface area contributed by atoms with E-state index in [2.05, 4.69) is 10.6 Å². The molecule has 152 valence electrons. The average Bonchev–Trinajstić information content (AvgIpc) is 2.61. The van der Waals surface area contributed by atoms with E-state index in [4.69, 9.17) is 5.73 Å². The molecule has 0 fully saturated rings. The number of benzene rings is 2. The van der Waals surface area contributed by atoms with Gasteiger partial charge in [0.2, 0.25) is 11.8 Å². The predicted octanol–water partition coefficient (Wildman–Crippen LogP) is 4.36. The number of carbonyl (C=O) groups excluding carboxylic acids is 2. The second kappa shape index (κ2) is 9.57. The topological polar surface area (TPSA) is 84.2 Å². The molecule has 0 aliphatic heterocycles. The monoisotopic (exact) mass is 415 g/mol. The second-order valence-electron chi connectivity index (χ2n) is 6.15. The van der Waals surface area contributed by atoms with Crippen LogP contribution in [0.2, 0.25) is 0 Å². The van der Waals surface area contributed by atoms with Crippen LogP contribution in [0.5, 0.6) is 0 Å². The Morgan fingerprint density at radius 3 is 2.14 bits per heavy atom.